The van der Waals surface area contributed by atoms with Crippen molar-refractivity contribution < 1.29 is 17.9 Å². The number of ether oxygens (including phenoxy) is 1. The van der Waals surface area contributed by atoms with Crippen LogP contribution in [0.5, 0.6) is 0 Å². The highest BCUT2D eigenvalue weighted by molar-refractivity contribution is 9.10. The highest BCUT2D eigenvalue weighted by Crippen LogP contribution is 2.44. The van der Waals surface area contributed by atoms with Crippen LogP contribution in [0.3, 0.4) is 0 Å². The summed E-state index contributed by atoms with van der Waals surface area (Å²) in [6, 6.07) is 6.82. The molecule has 2 aromatic rings. The Balaban J connectivity index is 2.00. The fraction of sp³-hybridized carbons (Fsp3) is 0.312. The summed E-state index contributed by atoms with van der Waals surface area (Å²) in [5.41, 5.74) is 1.25. The van der Waals surface area contributed by atoms with Crippen LogP contribution in [0.2, 0.25) is 0 Å². The predicted molar refractivity (Wildman–Crippen MR) is 94.0 cm³/mol. The molecule has 0 unspecified atom stereocenters. The molecule has 4 rings (SSSR count). The number of halogens is 1. The molecule has 1 fully saturated rings. The van der Waals surface area contributed by atoms with E-state index in [1.54, 1.807) is 36.2 Å². The maximum absolute atomic E-state index is 13.1. The van der Waals surface area contributed by atoms with E-state index in [9.17, 15) is 13.2 Å². The summed E-state index contributed by atoms with van der Waals surface area (Å²) >= 11 is 3.44. The van der Waals surface area contributed by atoms with E-state index in [0.717, 1.165) is 0 Å². The summed E-state index contributed by atoms with van der Waals surface area (Å²) in [6.07, 6.45) is 0. The maximum Gasteiger partial charge on any atom is 0.258 e. The third-order valence-corrected chi connectivity index (χ3v) is 7.05. The van der Waals surface area contributed by atoms with Gasteiger partial charge in [0.15, 0.2) is 0 Å². The van der Waals surface area contributed by atoms with Gasteiger partial charge in [0.1, 0.15) is 0 Å². The van der Waals surface area contributed by atoms with Crippen LogP contribution < -0.4 is 4.90 Å². The van der Waals surface area contributed by atoms with Gasteiger partial charge in [-0.25, -0.2) is 8.42 Å². The number of benzene rings is 2. The van der Waals surface area contributed by atoms with Gasteiger partial charge in [0.05, 0.1) is 23.8 Å². The van der Waals surface area contributed by atoms with E-state index in [0.29, 0.717) is 52.8 Å². The molecule has 0 N–H and O–H groups in total. The lowest BCUT2D eigenvalue weighted by Crippen LogP contribution is -2.40. The molecule has 2 aliphatic heterocycles. The number of anilines is 1. The summed E-state index contributed by atoms with van der Waals surface area (Å²) < 4.78 is 33.5. The second-order valence-corrected chi connectivity index (χ2v) is 8.57. The zero-order valence-corrected chi connectivity index (χ0v) is 15.4. The number of morpholine rings is 1. The average Bonchev–Trinajstić information content (AvgIpc) is 2.85. The van der Waals surface area contributed by atoms with Crippen molar-refractivity contribution in [2.24, 2.45) is 0 Å². The first-order valence-electron chi connectivity index (χ1n) is 7.54. The van der Waals surface area contributed by atoms with Crippen molar-refractivity contribution in [3.63, 3.8) is 0 Å². The van der Waals surface area contributed by atoms with Crippen molar-refractivity contribution in [3.8, 4) is 0 Å². The number of carbonyl (C=O) groups excluding carboxylic acids is 1. The molecule has 2 heterocycles. The van der Waals surface area contributed by atoms with Gasteiger partial charge in [0.25, 0.3) is 5.91 Å². The average molecular weight is 411 g/mol. The minimum absolute atomic E-state index is 0.128. The Bertz CT molecular complexity index is 968. The number of hydrogen-bond donors (Lipinski definition) is 0. The largest absolute Gasteiger partial charge is 0.379 e. The van der Waals surface area contributed by atoms with Crippen molar-refractivity contribution >= 4 is 48.3 Å². The minimum Gasteiger partial charge on any atom is -0.379 e. The van der Waals surface area contributed by atoms with Crippen molar-refractivity contribution in [1.29, 1.82) is 0 Å². The van der Waals surface area contributed by atoms with E-state index in [1.165, 1.54) is 4.31 Å². The number of amides is 1. The monoisotopic (exact) mass is 410 g/mol. The Morgan fingerprint density at radius 1 is 1.21 bits per heavy atom. The molecule has 0 spiro atoms. The van der Waals surface area contributed by atoms with Crippen LogP contribution in [0.4, 0.5) is 5.69 Å². The lowest BCUT2D eigenvalue weighted by molar-refractivity contribution is 0.0730. The molecule has 126 valence electrons. The van der Waals surface area contributed by atoms with Crippen molar-refractivity contribution in [1.82, 2.24) is 4.31 Å². The van der Waals surface area contributed by atoms with Crippen molar-refractivity contribution in [3.05, 3.63) is 34.3 Å². The number of nitrogens with zero attached hydrogens (tertiary/aromatic N) is 2. The summed E-state index contributed by atoms with van der Waals surface area (Å²) in [5.74, 6) is -0.128. The molecule has 0 aliphatic carbocycles. The molecule has 0 atom stereocenters. The van der Waals surface area contributed by atoms with Gasteiger partial charge in [0, 0.05) is 40.9 Å². The van der Waals surface area contributed by atoms with Gasteiger partial charge in [-0.2, -0.15) is 4.31 Å². The fourth-order valence-corrected chi connectivity index (χ4v) is 5.79. The lowest BCUT2D eigenvalue weighted by Gasteiger charge is -2.27. The van der Waals surface area contributed by atoms with Gasteiger partial charge in [-0.05, 0) is 28.1 Å². The fourth-order valence-electron chi connectivity index (χ4n) is 3.32. The number of carbonyl (C=O) groups is 1. The smallest absolute Gasteiger partial charge is 0.258 e. The Labute approximate surface area is 148 Å². The molecule has 24 heavy (non-hydrogen) atoms. The molecule has 0 aromatic heterocycles. The lowest BCUT2D eigenvalue weighted by atomic mass is 10.1. The van der Waals surface area contributed by atoms with Crippen LogP contribution in [0, 0.1) is 0 Å². The summed E-state index contributed by atoms with van der Waals surface area (Å²) in [4.78, 5) is 14.2. The van der Waals surface area contributed by atoms with Crippen LogP contribution in [0.1, 0.15) is 10.4 Å². The molecule has 6 nitrogen and oxygen atoms in total. The number of sulfonamides is 1. The van der Waals surface area contributed by atoms with E-state index >= 15 is 0 Å². The zero-order chi connectivity index (χ0) is 17.1. The normalized spacial score (nSPS) is 18.6. The van der Waals surface area contributed by atoms with Gasteiger partial charge >= 0.3 is 0 Å². The van der Waals surface area contributed by atoms with Gasteiger partial charge in [-0.15, -0.1) is 0 Å². The molecule has 2 aromatic carbocycles. The highest BCUT2D eigenvalue weighted by atomic mass is 79.9. The van der Waals surface area contributed by atoms with E-state index < -0.39 is 10.0 Å². The zero-order valence-electron chi connectivity index (χ0n) is 13.0. The topological polar surface area (TPSA) is 66.9 Å². The highest BCUT2D eigenvalue weighted by Gasteiger charge is 2.34. The van der Waals surface area contributed by atoms with E-state index in [-0.39, 0.29) is 10.8 Å². The van der Waals surface area contributed by atoms with Crippen LogP contribution in [-0.2, 0) is 14.8 Å². The van der Waals surface area contributed by atoms with Crippen molar-refractivity contribution in [2.45, 2.75) is 4.90 Å². The SMILES string of the molecule is CN1C(=O)c2cccc3c(S(=O)(=O)N4CCOCC4)cc(Br)c1c23. The Morgan fingerprint density at radius 2 is 1.92 bits per heavy atom. The number of rotatable bonds is 2. The first-order chi connectivity index (χ1) is 11.4. The van der Waals surface area contributed by atoms with Gasteiger partial charge < -0.3 is 9.64 Å². The third-order valence-electron chi connectivity index (χ3n) is 4.51. The molecule has 0 saturated carbocycles. The second kappa shape index (κ2) is 5.52. The molecular formula is C16H15BrN2O4S. The van der Waals surface area contributed by atoms with Gasteiger partial charge in [-0.1, -0.05) is 12.1 Å². The molecule has 0 bridgehead atoms. The summed E-state index contributed by atoms with van der Waals surface area (Å²) in [7, 11) is -1.97. The summed E-state index contributed by atoms with van der Waals surface area (Å²) in [6.45, 7) is 1.45. The van der Waals surface area contributed by atoms with Crippen LogP contribution in [-0.4, -0.2) is 52.0 Å². The first kappa shape index (κ1) is 16.0. The van der Waals surface area contributed by atoms with E-state index in [4.69, 9.17) is 4.74 Å². The maximum atomic E-state index is 13.1. The number of hydrogen-bond acceptors (Lipinski definition) is 4. The second-order valence-electron chi connectivity index (χ2n) is 5.81. The Hall–Kier alpha value is -1.48. The Kier molecular flexibility index (Phi) is 3.68. The van der Waals surface area contributed by atoms with Crippen molar-refractivity contribution in [2.75, 3.05) is 38.3 Å². The van der Waals surface area contributed by atoms with Crippen LogP contribution in [0.25, 0.3) is 10.8 Å². The first-order valence-corrected chi connectivity index (χ1v) is 9.77. The van der Waals surface area contributed by atoms with Crippen LogP contribution in [0.15, 0.2) is 33.6 Å². The molecule has 8 heteroatoms. The minimum atomic E-state index is -3.66. The standard InChI is InChI=1S/C16H15BrN2O4S/c1-18-15-12(17)9-13(24(21,22)19-5-7-23-8-6-19)10-3-2-4-11(14(10)15)16(18)20/h2-4,9H,5-8H2,1H3. The quantitative estimate of drug-likeness (QED) is 0.760. The third kappa shape index (κ3) is 2.13. The van der Waals surface area contributed by atoms with Crippen LogP contribution >= 0.6 is 15.9 Å². The Morgan fingerprint density at radius 3 is 2.62 bits per heavy atom. The summed E-state index contributed by atoms with van der Waals surface area (Å²) in [5, 5.41) is 1.26. The molecule has 1 amide bonds. The molecule has 2 aliphatic rings. The molecule has 1 saturated heterocycles. The van der Waals surface area contributed by atoms with Gasteiger partial charge in [-0.3, -0.25) is 4.79 Å². The molecular weight excluding hydrogens is 396 g/mol. The predicted octanol–water partition coefficient (Wildman–Crippen LogP) is 2.21. The van der Waals surface area contributed by atoms with E-state index in [2.05, 4.69) is 15.9 Å². The molecule has 0 radical (unpaired) electrons. The van der Waals surface area contributed by atoms with Gasteiger partial charge in [0.2, 0.25) is 10.0 Å². The van der Waals surface area contributed by atoms with E-state index in [1.807, 2.05) is 0 Å².